The van der Waals surface area contributed by atoms with Crippen LogP contribution in [0.5, 0.6) is 0 Å². The van der Waals surface area contributed by atoms with Crippen LogP contribution >= 0.6 is 4.63 Å². The summed E-state index contributed by atoms with van der Waals surface area (Å²) >= 11 is 2.17. The molecule has 0 saturated heterocycles. The molecule has 0 rings (SSSR count). The molecule has 0 aromatic carbocycles. The summed E-state index contributed by atoms with van der Waals surface area (Å²) in [5.41, 5.74) is 0. The van der Waals surface area contributed by atoms with E-state index in [4.69, 9.17) is 0 Å². The molecule has 0 nitrogen and oxygen atoms in total. The minimum Gasteiger partial charge on any atom is 0 e. The molecule has 0 aliphatic rings. The molecule has 4 heavy (non-hydrogen) atoms. The van der Waals surface area contributed by atoms with Crippen molar-refractivity contribution < 1.29 is 123 Å². The largest absolute Gasteiger partial charge is 0 e. The van der Waals surface area contributed by atoms with Crippen molar-refractivity contribution in [2.75, 3.05) is 0 Å². The Balaban J connectivity index is -0.00000000500. The fourth-order valence-corrected chi connectivity index (χ4v) is 0. The second kappa shape index (κ2) is 15.6. The predicted molar refractivity (Wildman–Crippen MR) is 5.85 cm³/mol. The molecular weight excluding hydrogens is 516 g/mol. The maximum atomic E-state index is 4.50. The van der Waals surface area contributed by atoms with Gasteiger partial charge in [0.15, 0.2) is 0 Å². The first-order chi connectivity index (χ1) is 1.00. The molecule has 0 N–H and O–H groups in total. The van der Waals surface area contributed by atoms with Crippen molar-refractivity contribution in [3.8, 4) is 0 Å². The fraction of sp³-hybridized carbons (Fsp3) is 0. The molecular formula is ClGdSmYb. The monoisotopic (exact) mass is 519 g/mol. The fourth-order valence-electron chi connectivity index (χ4n) is 0. The topological polar surface area (TPSA) is 0 Å². The molecule has 0 fully saturated rings. The Labute approximate surface area is 123 Å². The van der Waals surface area contributed by atoms with Crippen LogP contribution in [0.1, 0.15) is 0 Å². The van der Waals surface area contributed by atoms with Crippen LogP contribution in [-0.4, -0.2) is 0 Å². The Morgan fingerprint density at radius 3 is 1.25 bits per heavy atom. The van der Waals surface area contributed by atoms with Gasteiger partial charge in [0.25, 0.3) is 0 Å². The first-order valence-corrected chi connectivity index (χ1v) is 2.25. The van der Waals surface area contributed by atoms with E-state index in [-0.39, 0.29) is 80.3 Å². The van der Waals surface area contributed by atoms with Crippen LogP contribution in [0.4, 0.5) is 0 Å². The van der Waals surface area contributed by atoms with E-state index < -0.39 is 0 Å². The SMILES string of the molecule is [Cl][Yb].[Gd].[Sm]. The summed E-state index contributed by atoms with van der Waals surface area (Å²) in [6.07, 6.45) is 0. The third-order valence-corrected chi connectivity index (χ3v) is 0. The second-order valence-electron chi connectivity index (χ2n) is 0. The van der Waals surface area contributed by atoms with Crippen molar-refractivity contribution in [1.29, 1.82) is 0 Å². The van der Waals surface area contributed by atoms with Gasteiger partial charge < -0.3 is 0 Å². The van der Waals surface area contributed by atoms with Gasteiger partial charge in [-0.2, -0.15) is 0 Å². The molecule has 0 aromatic rings. The van der Waals surface area contributed by atoms with E-state index in [0.717, 1.165) is 0 Å². The van der Waals surface area contributed by atoms with Crippen LogP contribution in [0.25, 0.3) is 0 Å². The van der Waals surface area contributed by atoms with E-state index in [2.05, 4.69) is 47.6 Å². The van der Waals surface area contributed by atoms with Crippen LogP contribution in [0.15, 0.2) is 0 Å². The van der Waals surface area contributed by atoms with E-state index >= 15 is 0 Å². The van der Waals surface area contributed by atoms with Gasteiger partial charge in [-0.1, -0.05) is 0 Å². The first kappa shape index (κ1) is 15.8. The zero-order valence-electron chi connectivity index (χ0n) is 1.41. The van der Waals surface area contributed by atoms with Crippen molar-refractivity contribution >= 4 is 4.63 Å². The van der Waals surface area contributed by atoms with Crippen LogP contribution in [0.2, 0.25) is 0 Å². The van der Waals surface area contributed by atoms with Gasteiger partial charge in [-0.3, -0.25) is 0 Å². The van der Waals surface area contributed by atoms with Crippen molar-refractivity contribution in [2.45, 2.75) is 0 Å². The molecule has 0 aromatic heterocycles. The summed E-state index contributed by atoms with van der Waals surface area (Å²) in [4.78, 5) is 0. The molecule has 0 bridgehead atoms. The third-order valence-electron chi connectivity index (χ3n) is 0. The zero-order valence-corrected chi connectivity index (χ0v) is 8.77. The zero-order chi connectivity index (χ0) is 2.00. The van der Waals surface area contributed by atoms with Gasteiger partial charge in [-0.05, 0) is 0 Å². The molecule has 0 unspecified atom stereocenters. The molecule has 0 amide bonds. The van der Waals surface area contributed by atoms with Crippen LogP contribution < -0.4 is 0 Å². The van der Waals surface area contributed by atoms with E-state index in [1.165, 1.54) is 0 Å². The summed E-state index contributed by atoms with van der Waals surface area (Å²) in [5, 5.41) is 0. The Hall–Kier alpha value is 4.47. The summed E-state index contributed by atoms with van der Waals surface area (Å²) in [5.74, 6) is 0. The summed E-state index contributed by atoms with van der Waals surface area (Å²) < 4.78 is 4.50. The molecule has 0 saturated carbocycles. The van der Waals surface area contributed by atoms with Crippen molar-refractivity contribution in [2.24, 2.45) is 0 Å². The number of rotatable bonds is 0. The molecule has 35 valence electrons. The summed E-state index contributed by atoms with van der Waals surface area (Å²) in [6.45, 7) is 0. The predicted octanol–water partition coefficient (Wildman–Crippen LogP) is 0.690. The van der Waals surface area contributed by atoms with Gasteiger partial charge in [0.05, 0.1) is 0 Å². The molecule has 0 radical (unpaired) electrons. The molecule has 0 aliphatic carbocycles. The van der Waals surface area contributed by atoms with Gasteiger partial charge in [0.1, 0.15) is 0 Å². The number of hydrogen-bond acceptors (Lipinski definition) is 0. The summed E-state index contributed by atoms with van der Waals surface area (Å²) in [6, 6.07) is 0. The Bertz CT molecular complexity index is 8.00. The second-order valence-corrected chi connectivity index (χ2v) is 0. The Kier molecular flexibility index (Phi) is 61.8. The quantitative estimate of drug-likeness (QED) is 0.445. The maximum Gasteiger partial charge on any atom is 0 e. The van der Waals surface area contributed by atoms with E-state index in [1.807, 2.05) is 0 Å². The van der Waals surface area contributed by atoms with Crippen LogP contribution in [-0.2, 0) is 0 Å². The van der Waals surface area contributed by atoms with Gasteiger partial charge in [0.2, 0.25) is 0 Å². The van der Waals surface area contributed by atoms with Gasteiger partial charge in [-0.15, -0.1) is 0 Å². The van der Waals surface area contributed by atoms with Crippen molar-refractivity contribution in [3.63, 3.8) is 0 Å². The minimum absolute atomic E-state index is 0. The van der Waals surface area contributed by atoms with E-state index in [9.17, 15) is 0 Å². The molecule has 0 aliphatic heterocycles. The Morgan fingerprint density at radius 1 is 1.25 bits per heavy atom. The van der Waals surface area contributed by atoms with Gasteiger partial charge in [0, 0.05) is 80.3 Å². The third kappa shape index (κ3) is 9.69. The Morgan fingerprint density at radius 2 is 1.25 bits per heavy atom. The minimum atomic E-state index is 0. The average molecular weight is 516 g/mol. The summed E-state index contributed by atoms with van der Waals surface area (Å²) in [7, 11) is 0. The first-order valence-electron chi connectivity index (χ1n) is 0.101. The standard InChI is InChI=1S/ClH.Gd.Sm.Yb/h1H;;;/q;;;+1/p-1. The molecule has 0 spiro atoms. The molecule has 0 heterocycles. The average Bonchev–Trinajstić information content (AvgIpc) is 1.00. The van der Waals surface area contributed by atoms with Gasteiger partial charge in [-0.25, -0.2) is 0 Å². The van der Waals surface area contributed by atoms with E-state index in [0.29, 0.717) is 0 Å². The number of hydrogen-bond donors (Lipinski definition) is 0. The van der Waals surface area contributed by atoms with Crippen LogP contribution in [0, 0.1) is 123 Å². The number of halogens is 1. The molecule has 4 heteroatoms. The van der Waals surface area contributed by atoms with Crippen molar-refractivity contribution in [1.82, 2.24) is 0 Å². The van der Waals surface area contributed by atoms with Crippen LogP contribution in [0.3, 0.4) is 0 Å². The van der Waals surface area contributed by atoms with E-state index in [1.54, 1.807) is 0 Å². The molecule has 0 atom stereocenters. The van der Waals surface area contributed by atoms with Crippen molar-refractivity contribution in [3.05, 3.63) is 0 Å². The maximum absolute atomic E-state index is 4.50. The smallest absolute Gasteiger partial charge is 0 e. The normalized spacial score (nSPS) is 1.75. The van der Waals surface area contributed by atoms with Gasteiger partial charge >= 0.3 is 47.6 Å².